The normalized spacial score (nSPS) is 23.8. The van der Waals surface area contributed by atoms with Crippen LogP contribution < -0.4 is 5.73 Å². The van der Waals surface area contributed by atoms with Gasteiger partial charge in [0.05, 0.1) is 17.1 Å². The van der Waals surface area contributed by atoms with Gasteiger partial charge in [0.2, 0.25) is 5.91 Å². The highest BCUT2D eigenvalue weighted by Crippen LogP contribution is 2.25. The molecule has 3 atom stereocenters. The zero-order valence-corrected chi connectivity index (χ0v) is 14.4. The van der Waals surface area contributed by atoms with E-state index >= 15 is 0 Å². The number of likely N-dealkylation sites (N-methyl/N-ethyl adjacent to an activating group) is 1. The molecule has 1 aromatic heterocycles. The monoisotopic (exact) mass is 348 g/mol. The summed E-state index contributed by atoms with van der Waals surface area (Å²) in [5, 5.41) is 9.92. The number of benzene rings is 1. The van der Waals surface area contributed by atoms with Gasteiger partial charge in [-0.1, -0.05) is 0 Å². The number of nitrogens with zero attached hydrogens (tertiary/aromatic N) is 2. The Morgan fingerprint density at radius 3 is 3.00 bits per heavy atom. The molecule has 136 valence electrons. The minimum absolute atomic E-state index is 0.0654. The van der Waals surface area contributed by atoms with Crippen molar-refractivity contribution in [2.75, 3.05) is 13.1 Å². The van der Waals surface area contributed by atoms with Gasteiger partial charge in [0.25, 0.3) is 0 Å². The first kappa shape index (κ1) is 17.8. The van der Waals surface area contributed by atoms with Crippen LogP contribution in [-0.2, 0) is 11.2 Å². The second-order valence-electron chi connectivity index (χ2n) is 6.75. The number of nitrogens with two attached hydrogens (primary N) is 1. The lowest BCUT2D eigenvalue weighted by molar-refractivity contribution is -0.137. The fraction of sp³-hybridized carbons (Fsp3) is 0.556. The third-order valence-electron chi connectivity index (χ3n) is 5.02. The van der Waals surface area contributed by atoms with E-state index in [9.17, 15) is 14.3 Å². The average molecular weight is 348 g/mol. The van der Waals surface area contributed by atoms with Crippen molar-refractivity contribution >= 4 is 16.9 Å². The summed E-state index contributed by atoms with van der Waals surface area (Å²) < 4.78 is 13.3. The summed E-state index contributed by atoms with van der Waals surface area (Å²) in [6.07, 6.45) is 1.79. The summed E-state index contributed by atoms with van der Waals surface area (Å²) in [6, 6.07) is 4.21. The number of aliphatic hydroxyl groups is 1. The number of halogens is 1. The number of H-pyrrole nitrogens is 1. The Hall–Kier alpha value is -1.99. The highest BCUT2D eigenvalue weighted by atomic mass is 19.1. The molecule has 1 aliphatic carbocycles. The number of aromatic amines is 1. The van der Waals surface area contributed by atoms with Crippen molar-refractivity contribution < 1.29 is 14.3 Å². The first-order valence-electron chi connectivity index (χ1n) is 8.84. The van der Waals surface area contributed by atoms with E-state index in [1.807, 2.05) is 6.92 Å². The van der Waals surface area contributed by atoms with Gasteiger partial charge in [0, 0.05) is 31.5 Å². The Bertz CT molecular complexity index is 748. The molecule has 7 heteroatoms. The topological polar surface area (TPSA) is 95.2 Å². The number of fused-ring (bicyclic) bond motifs is 1. The van der Waals surface area contributed by atoms with Gasteiger partial charge in [-0.15, -0.1) is 0 Å². The molecule has 0 aliphatic heterocycles. The standard InChI is InChI=1S/C18H25FN4O2/c1-2-23(18(25)11-3-5-13(20)16(24)9-11)8-7-17-21-14-6-4-12(19)10-15(14)22-17/h4,6,10-11,13,16,24H,2-3,5,7-9,20H2,1H3,(H,21,22)/t11-,13-,16-/m0/s1. The van der Waals surface area contributed by atoms with Crippen LogP contribution >= 0.6 is 0 Å². The second kappa shape index (κ2) is 7.49. The Balaban J connectivity index is 1.62. The van der Waals surface area contributed by atoms with Gasteiger partial charge in [-0.3, -0.25) is 4.79 Å². The predicted octanol–water partition coefficient (Wildman–Crippen LogP) is 1.58. The molecule has 1 aromatic carbocycles. The summed E-state index contributed by atoms with van der Waals surface area (Å²) in [6.45, 7) is 3.08. The van der Waals surface area contributed by atoms with E-state index < -0.39 is 6.10 Å². The van der Waals surface area contributed by atoms with Gasteiger partial charge in [-0.05, 0) is 44.4 Å². The number of imidazole rings is 1. The van der Waals surface area contributed by atoms with E-state index in [0.29, 0.717) is 37.9 Å². The van der Waals surface area contributed by atoms with Crippen molar-refractivity contribution in [1.29, 1.82) is 0 Å². The Kier molecular flexibility index (Phi) is 5.34. The summed E-state index contributed by atoms with van der Waals surface area (Å²) in [5.74, 6) is 0.329. The fourth-order valence-electron chi connectivity index (χ4n) is 3.47. The lowest BCUT2D eigenvalue weighted by atomic mass is 9.83. The van der Waals surface area contributed by atoms with Crippen LogP contribution in [0.5, 0.6) is 0 Å². The second-order valence-corrected chi connectivity index (χ2v) is 6.75. The van der Waals surface area contributed by atoms with Crippen LogP contribution in [-0.4, -0.2) is 51.1 Å². The van der Waals surface area contributed by atoms with Crippen LogP contribution in [0.4, 0.5) is 4.39 Å². The summed E-state index contributed by atoms with van der Waals surface area (Å²) >= 11 is 0. The van der Waals surface area contributed by atoms with Crippen LogP contribution in [0, 0.1) is 11.7 Å². The van der Waals surface area contributed by atoms with E-state index in [-0.39, 0.29) is 23.7 Å². The highest BCUT2D eigenvalue weighted by molar-refractivity contribution is 5.79. The summed E-state index contributed by atoms with van der Waals surface area (Å²) in [5.41, 5.74) is 7.20. The molecule has 0 spiro atoms. The first-order chi connectivity index (χ1) is 12.0. The molecular formula is C18H25FN4O2. The van der Waals surface area contributed by atoms with E-state index in [0.717, 1.165) is 17.8 Å². The Labute approximate surface area is 146 Å². The number of amides is 1. The molecule has 4 N–H and O–H groups in total. The summed E-state index contributed by atoms with van der Waals surface area (Å²) in [7, 11) is 0. The van der Waals surface area contributed by atoms with Crippen LogP contribution in [0.1, 0.15) is 32.0 Å². The number of hydrogen-bond donors (Lipinski definition) is 3. The maximum absolute atomic E-state index is 13.3. The lowest BCUT2D eigenvalue weighted by Gasteiger charge is -2.33. The molecule has 1 saturated carbocycles. The van der Waals surface area contributed by atoms with Crippen LogP contribution in [0.25, 0.3) is 11.0 Å². The molecule has 0 saturated heterocycles. The number of carbonyl (C=O) groups is 1. The molecule has 3 rings (SSSR count). The predicted molar refractivity (Wildman–Crippen MR) is 93.3 cm³/mol. The molecule has 6 nitrogen and oxygen atoms in total. The molecule has 2 aromatic rings. The maximum Gasteiger partial charge on any atom is 0.225 e. The molecule has 1 heterocycles. The van der Waals surface area contributed by atoms with Crippen molar-refractivity contribution in [3.63, 3.8) is 0 Å². The van der Waals surface area contributed by atoms with Gasteiger partial charge in [-0.25, -0.2) is 9.37 Å². The Morgan fingerprint density at radius 2 is 2.28 bits per heavy atom. The smallest absolute Gasteiger partial charge is 0.225 e. The number of aromatic nitrogens is 2. The number of carbonyl (C=O) groups excluding carboxylic acids is 1. The van der Waals surface area contributed by atoms with Gasteiger partial charge in [0.1, 0.15) is 11.6 Å². The zero-order chi connectivity index (χ0) is 18.0. The molecule has 1 aliphatic rings. The first-order valence-corrected chi connectivity index (χ1v) is 8.84. The number of nitrogens with one attached hydrogen (secondary N) is 1. The van der Waals surface area contributed by atoms with Gasteiger partial charge < -0.3 is 20.7 Å². The molecule has 0 bridgehead atoms. The quantitative estimate of drug-likeness (QED) is 0.764. The van der Waals surface area contributed by atoms with Gasteiger partial charge in [-0.2, -0.15) is 0 Å². The molecule has 1 amide bonds. The van der Waals surface area contributed by atoms with E-state index in [4.69, 9.17) is 5.73 Å². The molecule has 1 fully saturated rings. The minimum Gasteiger partial charge on any atom is -0.391 e. The SMILES string of the molecule is CCN(CCc1nc2ccc(F)cc2[nH]1)C(=O)[C@H]1CC[C@H](N)[C@@H](O)C1. The van der Waals surface area contributed by atoms with E-state index in [1.165, 1.54) is 12.1 Å². The van der Waals surface area contributed by atoms with E-state index in [2.05, 4.69) is 9.97 Å². The van der Waals surface area contributed by atoms with Crippen molar-refractivity contribution in [2.24, 2.45) is 11.7 Å². The van der Waals surface area contributed by atoms with Gasteiger partial charge in [0.15, 0.2) is 0 Å². The third kappa shape index (κ3) is 3.99. The lowest BCUT2D eigenvalue weighted by Crippen LogP contribution is -2.46. The largest absolute Gasteiger partial charge is 0.391 e. The van der Waals surface area contributed by atoms with Crippen molar-refractivity contribution in [2.45, 2.75) is 44.8 Å². The van der Waals surface area contributed by atoms with Crippen LogP contribution in [0.2, 0.25) is 0 Å². The third-order valence-corrected chi connectivity index (χ3v) is 5.02. The van der Waals surface area contributed by atoms with Crippen molar-refractivity contribution in [3.05, 3.63) is 29.8 Å². The highest BCUT2D eigenvalue weighted by Gasteiger charge is 2.32. The van der Waals surface area contributed by atoms with Crippen molar-refractivity contribution in [3.8, 4) is 0 Å². The zero-order valence-electron chi connectivity index (χ0n) is 14.4. The minimum atomic E-state index is -0.605. The molecule has 0 radical (unpaired) electrons. The fourth-order valence-corrected chi connectivity index (χ4v) is 3.47. The number of rotatable bonds is 5. The van der Waals surface area contributed by atoms with Gasteiger partial charge >= 0.3 is 0 Å². The average Bonchev–Trinajstić information content (AvgIpc) is 2.99. The van der Waals surface area contributed by atoms with Crippen molar-refractivity contribution in [1.82, 2.24) is 14.9 Å². The Morgan fingerprint density at radius 1 is 1.48 bits per heavy atom. The van der Waals surface area contributed by atoms with Crippen LogP contribution in [0.3, 0.4) is 0 Å². The van der Waals surface area contributed by atoms with E-state index in [1.54, 1.807) is 11.0 Å². The summed E-state index contributed by atoms with van der Waals surface area (Å²) in [4.78, 5) is 22.0. The maximum atomic E-state index is 13.3. The van der Waals surface area contributed by atoms with Crippen LogP contribution in [0.15, 0.2) is 18.2 Å². The molecule has 0 unspecified atom stereocenters. The molecular weight excluding hydrogens is 323 g/mol. The number of aliphatic hydroxyl groups excluding tert-OH is 1. The molecule has 25 heavy (non-hydrogen) atoms. The number of hydrogen-bond acceptors (Lipinski definition) is 4.